The topological polar surface area (TPSA) is 51.9 Å². The molecule has 18 heavy (non-hydrogen) atoms. The Labute approximate surface area is 106 Å². The predicted octanol–water partition coefficient (Wildman–Crippen LogP) is 1.82. The molecule has 1 aliphatic rings. The van der Waals surface area contributed by atoms with E-state index in [4.69, 9.17) is 0 Å². The monoisotopic (exact) mass is 243 g/mol. The van der Waals surface area contributed by atoms with Crippen LogP contribution >= 0.6 is 0 Å². The average molecular weight is 243 g/mol. The maximum absolute atomic E-state index is 11.6. The highest BCUT2D eigenvalue weighted by atomic mass is 16.1. The van der Waals surface area contributed by atoms with Crippen LogP contribution in [-0.4, -0.2) is 21.6 Å². The molecule has 3 rings (SSSR count). The minimum Gasteiger partial charge on any atom is -0.300 e. The lowest BCUT2D eigenvalue weighted by molar-refractivity contribution is 0.186. The van der Waals surface area contributed by atoms with Crippen LogP contribution in [0.15, 0.2) is 35.1 Å². The molecular weight excluding hydrogens is 226 g/mol. The van der Waals surface area contributed by atoms with Crippen molar-refractivity contribution in [2.45, 2.75) is 25.9 Å². The molecule has 0 bridgehead atoms. The summed E-state index contributed by atoms with van der Waals surface area (Å²) in [6.07, 6.45) is 0.825. The van der Waals surface area contributed by atoms with Gasteiger partial charge in [-0.25, -0.2) is 0 Å². The lowest BCUT2D eigenvalue weighted by Crippen LogP contribution is -2.34. The molecule has 0 radical (unpaired) electrons. The van der Waals surface area contributed by atoms with Gasteiger partial charge in [0, 0.05) is 24.7 Å². The van der Waals surface area contributed by atoms with Crippen molar-refractivity contribution in [2.75, 3.05) is 6.54 Å². The maximum Gasteiger partial charge on any atom is 0.267 e. The SMILES string of the molecule is CC1c2[nH][nH]c(=O)c2CCN1Cc1ccccc1. The summed E-state index contributed by atoms with van der Waals surface area (Å²) in [5.41, 5.74) is 3.32. The third-order valence-electron chi connectivity index (χ3n) is 3.75. The predicted molar refractivity (Wildman–Crippen MR) is 70.4 cm³/mol. The first kappa shape index (κ1) is 11.3. The van der Waals surface area contributed by atoms with Crippen molar-refractivity contribution >= 4 is 0 Å². The lowest BCUT2D eigenvalue weighted by Gasteiger charge is -2.32. The Kier molecular flexibility index (Phi) is 2.80. The minimum absolute atomic E-state index is 0.0382. The van der Waals surface area contributed by atoms with Crippen LogP contribution in [0, 0.1) is 0 Å². The number of fused-ring (bicyclic) bond motifs is 1. The van der Waals surface area contributed by atoms with Crippen LogP contribution in [0.5, 0.6) is 0 Å². The van der Waals surface area contributed by atoms with Gasteiger partial charge < -0.3 is 5.10 Å². The number of benzene rings is 1. The van der Waals surface area contributed by atoms with Crippen molar-refractivity contribution in [2.24, 2.45) is 0 Å². The summed E-state index contributed by atoms with van der Waals surface area (Å²) in [7, 11) is 0. The molecule has 0 saturated carbocycles. The first-order chi connectivity index (χ1) is 8.75. The zero-order valence-electron chi connectivity index (χ0n) is 10.4. The second-order valence-corrected chi connectivity index (χ2v) is 4.85. The molecule has 4 nitrogen and oxygen atoms in total. The number of aromatic nitrogens is 2. The van der Waals surface area contributed by atoms with Gasteiger partial charge >= 0.3 is 0 Å². The van der Waals surface area contributed by atoms with E-state index in [1.807, 2.05) is 6.07 Å². The van der Waals surface area contributed by atoms with Gasteiger partial charge in [0.1, 0.15) is 0 Å². The summed E-state index contributed by atoms with van der Waals surface area (Å²) in [5, 5.41) is 5.70. The van der Waals surface area contributed by atoms with Crippen molar-refractivity contribution in [1.29, 1.82) is 0 Å². The molecule has 0 fully saturated rings. The second-order valence-electron chi connectivity index (χ2n) is 4.85. The van der Waals surface area contributed by atoms with Crippen LogP contribution < -0.4 is 5.56 Å². The molecule has 2 aromatic rings. The van der Waals surface area contributed by atoms with Gasteiger partial charge in [0.05, 0.1) is 5.69 Å². The van der Waals surface area contributed by atoms with Crippen LogP contribution in [0.1, 0.15) is 29.8 Å². The third kappa shape index (κ3) is 1.88. The van der Waals surface area contributed by atoms with Gasteiger partial charge in [0.2, 0.25) is 0 Å². The smallest absolute Gasteiger partial charge is 0.267 e. The van der Waals surface area contributed by atoms with Crippen LogP contribution in [0.2, 0.25) is 0 Å². The van der Waals surface area contributed by atoms with Crippen LogP contribution in [0.25, 0.3) is 0 Å². The number of hydrogen-bond donors (Lipinski definition) is 2. The Morgan fingerprint density at radius 2 is 2.06 bits per heavy atom. The van der Waals surface area contributed by atoms with E-state index in [1.54, 1.807) is 0 Å². The number of nitrogens with zero attached hydrogens (tertiary/aromatic N) is 1. The van der Waals surface area contributed by atoms with Crippen LogP contribution in [0.3, 0.4) is 0 Å². The molecule has 1 aromatic carbocycles. The highest BCUT2D eigenvalue weighted by Crippen LogP contribution is 2.26. The molecule has 2 heterocycles. The summed E-state index contributed by atoms with van der Waals surface area (Å²) in [6.45, 7) is 4.00. The Hall–Kier alpha value is -1.81. The summed E-state index contributed by atoms with van der Waals surface area (Å²) < 4.78 is 0. The van der Waals surface area contributed by atoms with E-state index >= 15 is 0 Å². The number of aromatic amines is 2. The Balaban J connectivity index is 1.83. The van der Waals surface area contributed by atoms with Crippen molar-refractivity contribution in [1.82, 2.24) is 15.1 Å². The minimum atomic E-state index is 0.0382. The normalized spacial score (nSPS) is 19.7. The van der Waals surface area contributed by atoms with E-state index in [0.717, 1.165) is 30.8 Å². The van der Waals surface area contributed by atoms with E-state index in [-0.39, 0.29) is 11.6 Å². The molecule has 2 N–H and O–H groups in total. The Morgan fingerprint density at radius 1 is 1.28 bits per heavy atom. The van der Waals surface area contributed by atoms with Crippen LogP contribution in [-0.2, 0) is 13.0 Å². The maximum atomic E-state index is 11.6. The van der Waals surface area contributed by atoms with Gasteiger partial charge in [-0.1, -0.05) is 30.3 Å². The fraction of sp³-hybridized carbons (Fsp3) is 0.357. The molecule has 4 heteroatoms. The molecule has 0 aliphatic carbocycles. The fourth-order valence-corrected chi connectivity index (χ4v) is 2.67. The van der Waals surface area contributed by atoms with Crippen molar-refractivity contribution in [3.63, 3.8) is 0 Å². The zero-order valence-corrected chi connectivity index (χ0v) is 10.4. The van der Waals surface area contributed by atoms with Gasteiger partial charge in [-0.15, -0.1) is 0 Å². The second kappa shape index (κ2) is 4.46. The molecule has 1 aromatic heterocycles. The summed E-state index contributed by atoms with van der Waals surface area (Å²) in [5.74, 6) is 0. The Morgan fingerprint density at radius 3 is 2.83 bits per heavy atom. The summed E-state index contributed by atoms with van der Waals surface area (Å²) >= 11 is 0. The number of rotatable bonds is 2. The highest BCUT2D eigenvalue weighted by Gasteiger charge is 2.26. The standard InChI is InChI=1S/C14H17N3O/c1-10-13-12(14(18)16-15-13)7-8-17(10)9-11-5-3-2-4-6-11/h2-6,10H,7-9H2,1H3,(H2,15,16,18). The van der Waals surface area contributed by atoms with Gasteiger partial charge in [-0.3, -0.25) is 14.8 Å². The van der Waals surface area contributed by atoms with Gasteiger partial charge in [-0.2, -0.15) is 0 Å². The molecule has 0 spiro atoms. The molecule has 1 aliphatic heterocycles. The van der Waals surface area contributed by atoms with Gasteiger partial charge in [-0.05, 0) is 18.9 Å². The highest BCUT2D eigenvalue weighted by molar-refractivity contribution is 5.24. The summed E-state index contributed by atoms with van der Waals surface area (Å²) in [4.78, 5) is 14.0. The molecule has 94 valence electrons. The quantitative estimate of drug-likeness (QED) is 0.845. The van der Waals surface area contributed by atoms with E-state index < -0.39 is 0 Å². The van der Waals surface area contributed by atoms with E-state index in [9.17, 15) is 4.79 Å². The van der Waals surface area contributed by atoms with E-state index in [2.05, 4.69) is 46.3 Å². The van der Waals surface area contributed by atoms with E-state index in [0.29, 0.717) is 0 Å². The summed E-state index contributed by atoms with van der Waals surface area (Å²) in [6, 6.07) is 10.7. The first-order valence-corrected chi connectivity index (χ1v) is 6.33. The fourth-order valence-electron chi connectivity index (χ4n) is 2.67. The molecule has 1 unspecified atom stereocenters. The van der Waals surface area contributed by atoms with Crippen molar-refractivity contribution < 1.29 is 0 Å². The zero-order chi connectivity index (χ0) is 12.5. The lowest BCUT2D eigenvalue weighted by atomic mass is 10.0. The Bertz CT molecular complexity index is 585. The van der Waals surface area contributed by atoms with Crippen LogP contribution in [0.4, 0.5) is 0 Å². The third-order valence-corrected chi connectivity index (χ3v) is 3.75. The molecule has 0 saturated heterocycles. The molecule has 1 atom stereocenters. The number of nitrogens with one attached hydrogen (secondary N) is 2. The largest absolute Gasteiger partial charge is 0.300 e. The molecular formula is C14H17N3O. The number of hydrogen-bond acceptors (Lipinski definition) is 2. The van der Waals surface area contributed by atoms with E-state index in [1.165, 1.54) is 5.56 Å². The van der Waals surface area contributed by atoms with Gasteiger partial charge in [0.15, 0.2) is 0 Å². The molecule has 0 amide bonds. The van der Waals surface area contributed by atoms with Gasteiger partial charge in [0.25, 0.3) is 5.56 Å². The van der Waals surface area contributed by atoms with Crippen molar-refractivity contribution in [3.8, 4) is 0 Å². The first-order valence-electron chi connectivity index (χ1n) is 6.33. The average Bonchev–Trinajstić information content (AvgIpc) is 2.77. The number of H-pyrrole nitrogens is 2. The van der Waals surface area contributed by atoms with Crippen molar-refractivity contribution in [3.05, 3.63) is 57.5 Å².